The number of nitrogens with one attached hydrogen (secondary N) is 1. The fourth-order valence-electron chi connectivity index (χ4n) is 1.94. The van der Waals surface area contributed by atoms with Gasteiger partial charge in [-0.2, -0.15) is 0 Å². The van der Waals surface area contributed by atoms with Crippen molar-refractivity contribution in [2.24, 2.45) is 5.92 Å². The van der Waals surface area contributed by atoms with Gasteiger partial charge in [-0.25, -0.2) is 0 Å². The lowest BCUT2D eigenvalue weighted by molar-refractivity contribution is 0.275. The average molecular weight is 284 g/mol. The van der Waals surface area contributed by atoms with Crippen LogP contribution in [0.15, 0.2) is 24.3 Å². The number of alkyl halides is 1. The minimum atomic E-state index is 0.274. The normalized spacial score (nSPS) is 16.1. The summed E-state index contributed by atoms with van der Waals surface area (Å²) in [4.78, 5) is 0. The summed E-state index contributed by atoms with van der Waals surface area (Å²) in [5, 5.41) is 3.60. The first kappa shape index (κ1) is 14.5. The van der Waals surface area contributed by atoms with Crippen LogP contribution in [0.1, 0.15) is 19.8 Å². The summed E-state index contributed by atoms with van der Waals surface area (Å²) < 4.78 is 11.2. The van der Waals surface area contributed by atoms with Crippen LogP contribution in [-0.4, -0.2) is 31.7 Å². The van der Waals surface area contributed by atoms with E-state index in [1.54, 1.807) is 0 Å². The lowest BCUT2D eigenvalue weighted by Gasteiger charge is -2.13. The first-order valence-corrected chi connectivity index (χ1v) is 7.44. The smallest absolute Gasteiger partial charge is 0.161 e. The molecule has 0 aromatic heterocycles. The summed E-state index contributed by atoms with van der Waals surface area (Å²) in [7, 11) is 0. The van der Waals surface area contributed by atoms with Crippen molar-refractivity contribution in [1.82, 2.24) is 5.32 Å². The molecule has 4 heteroatoms. The zero-order chi connectivity index (χ0) is 13.5. The molecule has 1 aromatic carbocycles. The average Bonchev–Trinajstić information content (AvgIpc) is 3.24. The Bertz CT molecular complexity index is 382. The topological polar surface area (TPSA) is 30.5 Å². The number of ether oxygens (including phenoxy) is 2. The van der Waals surface area contributed by atoms with Gasteiger partial charge >= 0.3 is 0 Å². The molecule has 1 aliphatic rings. The fourth-order valence-corrected chi connectivity index (χ4v) is 2.30. The number of hydrogen-bond acceptors (Lipinski definition) is 3. The molecule has 0 radical (unpaired) electrons. The van der Waals surface area contributed by atoms with Crippen LogP contribution in [0.2, 0.25) is 0 Å². The highest BCUT2D eigenvalue weighted by Crippen LogP contribution is 2.35. The zero-order valence-corrected chi connectivity index (χ0v) is 12.2. The van der Waals surface area contributed by atoms with E-state index in [2.05, 4.69) is 5.32 Å². The van der Waals surface area contributed by atoms with Crippen LogP contribution in [0.3, 0.4) is 0 Å². The molecule has 1 N–H and O–H groups in total. The summed E-state index contributed by atoms with van der Waals surface area (Å²) in [6, 6.07) is 7.75. The number of benzene rings is 1. The van der Waals surface area contributed by atoms with E-state index in [0.29, 0.717) is 13.2 Å². The Hall–Kier alpha value is -0.930. The van der Waals surface area contributed by atoms with Gasteiger partial charge in [0.15, 0.2) is 11.5 Å². The maximum Gasteiger partial charge on any atom is 0.161 e. The van der Waals surface area contributed by atoms with E-state index < -0.39 is 0 Å². The summed E-state index contributed by atoms with van der Waals surface area (Å²) in [5.41, 5.74) is 0. The molecule has 0 bridgehead atoms. The molecular weight excluding hydrogens is 262 g/mol. The van der Waals surface area contributed by atoms with Gasteiger partial charge in [0.05, 0.1) is 6.61 Å². The molecule has 0 saturated heterocycles. The van der Waals surface area contributed by atoms with Gasteiger partial charge in [-0.15, -0.1) is 11.6 Å². The van der Waals surface area contributed by atoms with Gasteiger partial charge in [0, 0.05) is 18.5 Å². The van der Waals surface area contributed by atoms with Gasteiger partial charge in [0.1, 0.15) is 6.61 Å². The van der Waals surface area contributed by atoms with Crippen molar-refractivity contribution in [3.05, 3.63) is 24.3 Å². The molecule has 3 nitrogen and oxygen atoms in total. The van der Waals surface area contributed by atoms with E-state index in [4.69, 9.17) is 21.1 Å². The van der Waals surface area contributed by atoms with Crippen LogP contribution in [0.5, 0.6) is 11.5 Å². The quantitative estimate of drug-likeness (QED) is 0.558. The lowest BCUT2D eigenvalue weighted by atomic mass is 10.3. The molecule has 2 rings (SSSR count). The standard InChI is InChI=1S/C15H22ClNO2/c1-2-18-14-5-3-4-6-15(14)19-10-9-17-11-13(16)12-7-8-12/h3-6,12-13,17H,2,7-11H2,1H3. The van der Waals surface area contributed by atoms with E-state index in [9.17, 15) is 0 Å². The molecule has 1 atom stereocenters. The Labute approximate surface area is 120 Å². The third-order valence-corrected chi connectivity index (χ3v) is 3.67. The molecule has 1 unspecified atom stereocenters. The van der Waals surface area contributed by atoms with Crippen LogP contribution in [-0.2, 0) is 0 Å². The summed E-state index contributed by atoms with van der Waals surface area (Å²) in [5.74, 6) is 2.34. The highest BCUT2D eigenvalue weighted by molar-refractivity contribution is 6.21. The summed E-state index contributed by atoms with van der Waals surface area (Å²) in [6.45, 7) is 4.90. The molecule has 1 saturated carbocycles. The molecule has 19 heavy (non-hydrogen) atoms. The minimum absolute atomic E-state index is 0.274. The van der Waals surface area contributed by atoms with E-state index >= 15 is 0 Å². The number of hydrogen-bond donors (Lipinski definition) is 1. The number of halogens is 1. The largest absolute Gasteiger partial charge is 0.490 e. The van der Waals surface area contributed by atoms with Crippen LogP contribution in [0.4, 0.5) is 0 Å². The monoisotopic (exact) mass is 283 g/mol. The van der Waals surface area contributed by atoms with Gasteiger partial charge in [-0.05, 0) is 37.8 Å². The van der Waals surface area contributed by atoms with Crippen LogP contribution >= 0.6 is 11.6 Å². The third-order valence-electron chi connectivity index (χ3n) is 3.16. The van der Waals surface area contributed by atoms with Crippen LogP contribution in [0.25, 0.3) is 0 Å². The molecule has 0 amide bonds. The molecule has 0 heterocycles. The second-order valence-corrected chi connectivity index (χ2v) is 5.35. The second-order valence-electron chi connectivity index (χ2n) is 4.79. The van der Waals surface area contributed by atoms with Crippen molar-refractivity contribution in [2.75, 3.05) is 26.3 Å². The molecule has 106 valence electrons. The maximum absolute atomic E-state index is 6.22. The second kappa shape index (κ2) is 7.61. The number of para-hydroxylation sites is 2. The predicted molar refractivity (Wildman–Crippen MR) is 78.3 cm³/mol. The minimum Gasteiger partial charge on any atom is -0.490 e. The Balaban J connectivity index is 1.64. The Morgan fingerprint density at radius 3 is 2.58 bits per heavy atom. The summed E-state index contributed by atoms with van der Waals surface area (Å²) in [6.07, 6.45) is 2.57. The van der Waals surface area contributed by atoms with E-state index in [0.717, 1.165) is 30.5 Å². The Morgan fingerprint density at radius 2 is 1.95 bits per heavy atom. The molecule has 0 aliphatic heterocycles. The molecule has 1 fully saturated rings. The van der Waals surface area contributed by atoms with Gasteiger partial charge in [-0.3, -0.25) is 0 Å². The zero-order valence-electron chi connectivity index (χ0n) is 11.4. The van der Waals surface area contributed by atoms with E-state index in [1.165, 1.54) is 12.8 Å². The summed E-state index contributed by atoms with van der Waals surface area (Å²) >= 11 is 6.22. The predicted octanol–water partition coefficient (Wildman–Crippen LogP) is 3.07. The van der Waals surface area contributed by atoms with Crippen molar-refractivity contribution in [3.8, 4) is 11.5 Å². The van der Waals surface area contributed by atoms with Crippen molar-refractivity contribution in [3.63, 3.8) is 0 Å². The Morgan fingerprint density at radius 1 is 1.26 bits per heavy atom. The lowest BCUT2D eigenvalue weighted by Crippen LogP contribution is -2.28. The third kappa shape index (κ3) is 4.92. The van der Waals surface area contributed by atoms with Crippen molar-refractivity contribution >= 4 is 11.6 Å². The first-order valence-electron chi connectivity index (χ1n) is 7.00. The van der Waals surface area contributed by atoms with Gasteiger partial charge < -0.3 is 14.8 Å². The van der Waals surface area contributed by atoms with Crippen molar-refractivity contribution < 1.29 is 9.47 Å². The van der Waals surface area contributed by atoms with Gasteiger partial charge in [0.2, 0.25) is 0 Å². The van der Waals surface area contributed by atoms with E-state index in [1.807, 2.05) is 31.2 Å². The Kier molecular flexibility index (Phi) is 5.80. The van der Waals surface area contributed by atoms with Gasteiger partial charge in [-0.1, -0.05) is 12.1 Å². The highest BCUT2D eigenvalue weighted by Gasteiger charge is 2.28. The van der Waals surface area contributed by atoms with Crippen molar-refractivity contribution in [2.45, 2.75) is 25.1 Å². The van der Waals surface area contributed by atoms with Crippen molar-refractivity contribution in [1.29, 1.82) is 0 Å². The fraction of sp³-hybridized carbons (Fsp3) is 0.600. The maximum atomic E-state index is 6.22. The first-order chi connectivity index (χ1) is 9.31. The molecular formula is C15H22ClNO2. The molecule has 0 spiro atoms. The molecule has 1 aromatic rings. The van der Waals surface area contributed by atoms with Gasteiger partial charge in [0.25, 0.3) is 0 Å². The van der Waals surface area contributed by atoms with E-state index in [-0.39, 0.29) is 5.38 Å². The van der Waals surface area contributed by atoms with Crippen LogP contribution < -0.4 is 14.8 Å². The highest BCUT2D eigenvalue weighted by atomic mass is 35.5. The number of rotatable bonds is 9. The molecule has 1 aliphatic carbocycles. The SMILES string of the molecule is CCOc1ccccc1OCCNCC(Cl)C1CC1. The van der Waals surface area contributed by atoms with Crippen LogP contribution in [0, 0.1) is 5.92 Å².